The molecule has 1 unspecified atom stereocenters. The fraction of sp³-hybridized carbons (Fsp3) is 0.200. The summed E-state index contributed by atoms with van der Waals surface area (Å²) in [5, 5.41) is 2.89. The lowest BCUT2D eigenvalue weighted by Crippen LogP contribution is -2.42. The Kier molecular flexibility index (Phi) is 4.11. The second-order valence-electron chi connectivity index (χ2n) is 5.88. The van der Waals surface area contributed by atoms with E-state index in [0.29, 0.717) is 29.7 Å². The van der Waals surface area contributed by atoms with Crippen LogP contribution >= 0.6 is 0 Å². The minimum absolute atomic E-state index is 0.158. The molecule has 3 nitrogen and oxygen atoms in total. The number of hydrogen-bond acceptors (Lipinski definition) is 2. The van der Waals surface area contributed by atoms with Gasteiger partial charge in [0.05, 0.1) is 0 Å². The van der Waals surface area contributed by atoms with Crippen LogP contribution in [0.1, 0.15) is 29.6 Å². The van der Waals surface area contributed by atoms with Crippen molar-refractivity contribution in [3.63, 3.8) is 0 Å². The molecule has 116 valence electrons. The van der Waals surface area contributed by atoms with Crippen molar-refractivity contribution in [2.75, 3.05) is 5.32 Å². The first-order valence-electron chi connectivity index (χ1n) is 7.79. The summed E-state index contributed by atoms with van der Waals surface area (Å²) < 4.78 is 0. The normalized spacial score (nSPS) is 20.3. The predicted molar refractivity (Wildman–Crippen MR) is 91.3 cm³/mol. The average Bonchev–Trinajstić information content (AvgIpc) is 2.98. The van der Waals surface area contributed by atoms with Gasteiger partial charge in [-0.3, -0.25) is 9.59 Å². The van der Waals surface area contributed by atoms with Crippen LogP contribution < -0.4 is 5.32 Å². The van der Waals surface area contributed by atoms with Gasteiger partial charge in [0.1, 0.15) is 5.41 Å². The molecule has 0 aromatic heterocycles. The van der Waals surface area contributed by atoms with E-state index in [0.717, 1.165) is 6.42 Å². The van der Waals surface area contributed by atoms with Gasteiger partial charge < -0.3 is 5.32 Å². The predicted octanol–water partition coefficient (Wildman–Crippen LogP) is 4.23. The molecule has 2 aromatic rings. The number of benzene rings is 2. The third-order valence-electron chi connectivity index (χ3n) is 4.48. The molecule has 1 saturated carbocycles. The molecule has 1 N–H and O–H groups in total. The Labute approximate surface area is 136 Å². The van der Waals surface area contributed by atoms with Crippen molar-refractivity contribution in [3.05, 3.63) is 78.4 Å². The van der Waals surface area contributed by atoms with Gasteiger partial charge in [-0.1, -0.05) is 60.7 Å². The number of carbonyl (C=O) groups excluding carboxylic acids is 2. The third kappa shape index (κ3) is 2.70. The molecule has 0 bridgehead atoms. The second-order valence-corrected chi connectivity index (χ2v) is 5.88. The van der Waals surface area contributed by atoms with Crippen LogP contribution in [0, 0.1) is 5.41 Å². The highest BCUT2D eigenvalue weighted by Gasteiger charge is 2.50. The van der Waals surface area contributed by atoms with Crippen LogP contribution in [-0.2, 0) is 4.79 Å². The van der Waals surface area contributed by atoms with Crippen LogP contribution in [-0.4, -0.2) is 11.7 Å². The molecule has 1 atom stereocenters. The number of Topliss-reactive ketones (excluding diaryl/α,β-unsaturated/α-hetero) is 1. The molecule has 23 heavy (non-hydrogen) atoms. The van der Waals surface area contributed by atoms with Crippen molar-refractivity contribution in [1.29, 1.82) is 0 Å². The smallest absolute Gasteiger partial charge is 0.242 e. The van der Waals surface area contributed by atoms with E-state index in [2.05, 4.69) is 11.9 Å². The quantitative estimate of drug-likeness (QED) is 0.522. The highest BCUT2D eigenvalue weighted by molar-refractivity contribution is 6.20. The first kappa shape index (κ1) is 15.2. The molecule has 3 heteroatoms. The number of hydrogen-bond donors (Lipinski definition) is 1. The Bertz CT molecular complexity index is 737. The van der Waals surface area contributed by atoms with Gasteiger partial charge in [-0.2, -0.15) is 0 Å². The Morgan fingerprint density at radius 1 is 0.957 bits per heavy atom. The summed E-state index contributed by atoms with van der Waals surface area (Å²) >= 11 is 0. The molecule has 0 spiro atoms. The summed E-state index contributed by atoms with van der Waals surface area (Å²) in [4.78, 5) is 26.1. The first-order chi connectivity index (χ1) is 11.1. The molecule has 3 rings (SSSR count). The SMILES string of the molecule is C=C1CCCC1(C(=O)Nc1ccccc1)C(=O)c1ccccc1. The Morgan fingerprint density at radius 2 is 1.57 bits per heavy atom. The summed E-state index contributed by atoms with van der Waals surface area (Å²) in [7, 11) is 0. The summed E-state index contributed by atoms with van der Waals surface area (Å²) in [5.74, 6) is -0.436. The van der Waals surface area contributed by atoms with Crippen LogP contribution in [0.5, 0.6) is 0 Å². The van der Waals surface area contributed by atoms with Crippen molar-refractivity contribution < 1.29 is 9.59 Å². The fourth-order valence-corrected chi connectivity index (χ4v) is 3.20. The molecular formula is C20H19NO2. The molecule has 0 aliphatic heterocycles. The first-order valence-corrected chi connectivity index (χ1v) is 7.79. The molecule has 0 heterocycles. The zero-order valence-electron chi connectivity index (χ0n) is 12.9. The van der Waals surface area contributed by atoms with Crippen LogP contribution in [0.15, 0.2) is 72.8 Å². The van der Waals surface area contributed by atoms with Crippen molar-refractivity contribution in [1.82, 2.24) is 0 Å². The number of ketones is 1. The number of rotatable bonds is 4. The van der Waals surface area contributed by atoms with Gasteiger partial charge in [0.15, 0.2) is 5.78 Å². The zero-order valence-corrected chi connectivity index (χ0v) is 12.9. The fourth-order valence-electron chi connectivity index (χ4n) is 3.20. The third-order valence-corrected chi connectivity index (χ3v) is 4.48. The number of carbonyl (C=O) groups is 2. The van der Waals surface area contributed by atoms with Gasteiger partial charge in [-0.25, -0.2) is 0 Å². The number of amides is 1. The van der Waals surface area contributed by atoms with Gasteiger partial charge in [-0.15, -0.1) is 0 Å². The minimum Gasteiger partial charge on any atom is -0.325 e. The van der Waals surface area contributed by atoms with Crippen molar-refractivity contribution >= 4 is 17.4 Å². The van der Waals surface area contributed by atoms with E-state index in [4.69, 9.17) is 0 Å². The maximum atomic E-state index is 13.1. The standard InChI is InChI=1S/C20H19NO2/c1-15-9-8-14-20(15,18(22)16-10-4-2-5-11-16)19(23)21-17-12-6-3-7-13-17/h2-7,10-13H,1,8-9,14H2,(H,21,23). The highest BCUT2D eigenvalue weighted by atomic mass is 16.2. The number of nitrogens with one attached hydrogen (secondary N) is 1. The Morgan fingerprint density at radius 3 is 2.13 bits per heavy atom. The Balaban J connectivity index is 1.96. The van der Waals surface area contributed by atoms with Crippen molar-refractivity contribution in [2.24, 2.45) is 5.41 Å². The highest BCUT2D eigenvalue weighted by Crippen LogP contribution is 2.45. The van der Waals surface area contributed by atoms with Crippen LogP contribution in [0.25, 0.3) is 0 Å². The van der Waals surface area contributed by atoms with E-state index in [1.165, 1.54) is 0 Å². The molecule has 1 fully saturated rings. The van der Waals surface area contributed by atoms with Gasteiger partial charge in [0.25, 0.3) is 0 Å². The van der Waals surface area contributed by atoms with Crippen molar-refractivity contribution in [2.45, 2.75) is 19.3 Å². The van der Waals surface area contributed by atoms with Crippen LogP contribution in [0.3, 0.4) is 0 Å². The molecule has 2 aromatic carbocycles. The van der Waals surface area contributed by atoms with Gasteiger partial charge in [-0.05, 0) is 31.4 Å². The zero-order chi connectivity index (χ0) is 16.3. The molecule has 0 radical (unpaired) electrons. The van der Waals surface area contributed by atoms with E-state index < -0.39 is 5.41 Å². The van der Waals surface area contributed by atoms with Crippen molar-refractivity contribution in [3.8, 4) is 0 Å². The maximum absolute atomic E-state index is 13.1. The van der Waals surface area contributed by atoms with Crippen LogP contribution in [0.2, 0.25) is 0 Å². The summed E-state index contributed by atoms with van der Waals surface area (Å²) in [6, 6.07) is 18.2. The number of para-hydroxylation sites is 1. The lowest BCUT2D eigenvalue weighted by atomic mass is 9.75. The molecule has 1 amide bonds. The maximum Gasteiger partial charge on any atom is 0.242 e. The van der Waals surface area contributed by atoms with Crippen LogP contribution in [0.4, 0.5) is 5.69 Å². The lowest BCUT2D eigenvalue weighted by Gasteiger charge is -2.28. The van der Waals surface area contributed by atoms with E-state index in [9.17, 15) is 9.59 Å². The number of anilines is 1. The van der Waals surface area contributed by atoms with Gasteiger partial charge in [0, 0.05) is 11.3 Å². The summed E-state index contributed by atoms with van der Waals surface area (Å²) in [6.07, 6.45) is 2.03. The van der Waals surface area contributed by atoms with Gasteiger partial charge in [0.2, 0.25) is 5.91 Å². The molecule has 0 saturated heterocycles. The Hall–Kier alpha value is -2.68. The minimum atomic E-state index is -1.16. The summed E-state index contributed by atoms with van der Waals surface area (Å²) in [5.41, 5.74) is 0.799. The molecule has 1 aliphatic carbocycles. The summed E-state index contributed by atoms with van der Waals surface area (Å²) in [6.45, 7) is 4.04. The largest absolute Gasteiger partial charge is 0.325 e. The van der Waals surface area contributed by atoms with E-state index >= 15 is 0 Å². The molecular weight excluding hydrogens is 286 g/mol. The topological polar surface area (TPSA) is 46.2 Å². The lowest BCUT2D eigenvalue weighted by molar-refractivity contribution is -0.121. The molecule has 1 aliphatic rings. The van der Waals surface area contributed by atoms with Gasteiger partial charge >= 0.3 is 0 Å². The van der Waals surface area contributed by atoms with E-state index in [1.807, 2.05) is 48.5 Å². The monoisotopic (exact) mass is 305 g/mol. The van der Waals surface area contributed by atoms with E-state index in [1.54, 1.807) is 12.1 Å². The van der Waals surface area contributed by atoms with E-state index in [-0.39, 0.29) is 11.7 Å². The second kappa shape index (κ2) is 6.21. The average molecular weight is 305 g/mol.